The first kappa shape index (κ1) is 33.9. The van der Waals surface area contributed by atoms with Gasteiger partial charge < -0.3 is 29.9 Å². The Morgan fingerprint density at radius 2 is 1.67 bits per heavy atom. The fourth-order valence-corrected chi connectivity index (χ4v) is 13.2. The minimum absolute atomic E-state index is 0.0347. The molecule has 45 heavy (non-hydrogen) atoms. The van der Waals surface area contributed by atoms with Crippen molar-refractivity contribution >= 4 is 23.7 Å². The number of carbonyl (C=O) groups is 2. The lowest BCUT2D eigenvalue weighted by molar-refractivity contribution is -0.218. The first-order valence-corrected chi connectivity index (χ1v) is 17.6. The first-order chi connectivity index (χ1) is 20.7. The molecule has 1 heterocycles. The molecule has 0 aromatic rings. The molecule has 10 heteroatoms. The van der Waals surface area contributed by atoms with Gasteiger partial charge in [-0.2, -0.15) is 0 Å². The van der Waals surface area contributed by atoms with Gasteiger partial charge in [0.25, 0.3) is 0 Å². The Hall–Kier alpha value is -0.970. The SMILES string of the molecule is CC(C)(O)[C@@H]1CC[C@](C)([C@H]2[C@@H](O)C[C@@]3(C)C4C[C@H](O)[C@H]5C(C)(C)C(OC(=O)C(CCC(=O)O)NCl)CC[C@@]56CC46CC[C@]23C)O1. The van der Waals surface area contributed by atoms with E-state index in [1.807, 2.05) is 0 Å². The molecule has 256 valence electrons. The average molecular weight is 654 g/mol. The van der Waals surface area contributed by atoms with E-state index in [0.29, 0.717) is 19.3 Å². The highest BCUT2D eigenvalue weighted by atomic mass is 35.5. The monoisotopic (exact) mass is 653 g/mol. The highest BCUT2D eigenvalue weighted by Crippen LogP contribution is 2.89. The third kappa shape index (κ3) is 4.63. The van der Waals surface area contributed by atoms with E-state index in [2.05, 4.69) is 39.5 Å². The molecule has 0 aromatic heterocycles. The number of fused-ring (bicyclic) bond motifs is 2. The van der Waals surface area contributed by atoms with Crippen LogP contribution in [0.15, 0.2) is 0 Å². The molecular formula is C35H56ClNO8. The molecule has 5 N–H and O–H groups in total. The van der Waals surface area contributed by atoms with E-state index < -0.39 is 52.9 Å². The van der Waals surface area contributed by atoms with Crippen molar-refractivity contribution in [2.24, 2.45) is 44.8 Å². The zero-order valence-corrected chi connectivity index (χ0v) is 29.0. The lowest BCUT2D eigenvalue weighted by Crippen LogP contribution is -2.62. The number of hydrogen-bond acceptors (Lipinski definition) is 8. The highest BCUT2D eigenvalue weighted by Gasteiger charge is 2.85. The van der Waals surface area contributed by atoms with Gasteiger partial charge >= 0.3 is 11.9 Å². The zero-order valence-electron chi connectivity index (χ0n) is 28.2. The van der Waals surface area contributed by atoms with Gasteiger partial charge in [0.1, 0.15) is 12.1 Å². The van der Waals surface area contributed by atoms with Crippen molar-refractivity contribution in [2.45, 2.75) is 161 Å². The molecule has 0 aromatic carbocycles. The van der Waals surface area contributed by atoms with Crippen LogP contribution in [0.5, 0.6) is 0 Å². The van der Waals surface area contributed by atoms with Crippen molar-refractivity contribution in [3.8, 4) is 0 Å². The minimum atomic E-state index is -1.000. The van der Waals surface area contributed by atoms with E-state index in [9.17, 15) is 24.9 Å². The molecule has 1 saturated heterocycles. The summed E-state index contributed by atoms with van der Waals surface area (Å²) in [6.07, 6.45) is 5.69. The van der Waals surface area contributed by atoms with Gasteiger partial charge in [-0.25, -0.2) is 4.84 Å². The van der Waals surface area contributed by atoms with Gasteiger partial charge in [0.05, 0.1) is 29.5 Å². The van der Waals surface area contributed by atoms with Gasteiger partial charge in [-0.05, 0) is 130 Å². The number of aliphatic hydroxyl groups excluding tert-OH is 2. The van der Waals surface area contributed by atoms with Crippen LogP contribution in [0.25, 0.3) is 0 Å². The van der Waals surface area contributed by atoms with Crippen molar-refractivity contribution in [3.05, 3.63) is 0 Å². The number of esters is 1. The summed E-state index contributed by atoms with van der Waals surface area (Å²) in [5.41, 5.74) is -2.26. The van der Waals surface area contributed by atoms with Crippen molar-refractivity contribution < 1.29 is 39.5 Å². The third-order valence-corrected chi connectivity index (χ3v) is 15.3. The normalized spacial score (nSPS) is 50.5. The van der Waals surface area contributed by atoms with Gasteiger partial charge in [0.15, 0.2) is 0 Å². The van der Waals surface area contributed by atoms with Crippen molar-refractivity contribution in [1.82, 2.24) is 4.84 Å². The van der Waals surface area contributed by atoms with Crippen LogP contribution in [-0.2, 0) is 19.1 Å². The Balaban J connectivity index is 1.25. The molecule has 4 unspecified atom stereocenters. The molecular weight excluding hydrogens is 598 g/mol. The smallest absolute Gasteiger partial charge is 0.324 e. The summed E-state index contributed by atoms with van der Waals surface area (Å²) in [7, 11) is 0. The Morgan fingerprint density at radius 1 is 0.978 bits per heavy atom. The predicted molar refractivity (Wildman–Crippen MR) is 168 cm³/mol. The summed E-state index contributed by atoms with van der Waals surface area (Å²) in [5, 5.41) is 43.8. The van der Waals surface area contributed by atoms with Crippen LogP contribution >= 0.6 is 11.8 Å². The number of ether oxygens (including phenoxy) is 2. The number of aliphatic carboxylic acids is 1. The molecule has 0 radical (unpaired) electrons. The van der Waals surface area contributed by atoms with Crippen LogP contribution in [0.3, 0.4) is 0 Å². The maximum absolute atomic E-state index is 13.1. The number of nitrogens with one attached hydrogen (secondary N) is 1. The predicted octanol–water partition coefficient (Wildman–Crippen LogP) is 4.96. The quantitative estimate of drug-likeness (QED) is 0.181. The van der Waals surface area contributed by atoms with E-state index in [4.69, 9.17) is 26.4 Å². The van der Waals surface area contributed by atoms with Crippen LogP contribution in [0.2, 0.25) is 0 Å². The fourth-order valence-electron chi connectivity index (χ4n) is 13.0. The summed E-state index contributed by atoms with van der Waals surface area (Å²) in [4.78, 5) is 26.6. The van der Waals surface area contributed by atoms with E-state index >= 15 is 0 Å². The fraction of sp³-hybridized carbons (Fsp3) is 0.943. The Bertz CT molecular complexity index is 1220. The van der Waals surface area contributed by atoms with E-state index in [1.54, 1.807) is 13.8 Å². The van der Waals surface area contributed by atoms with Crippen LogP contribution < -0.4 is 4.84 Å². The molecule has 1 aliphatic heterocycles. The molecule has 6 rings (SSSR count). The van der Waals surface area contributed by atoms with Gasteiger partial charge in [0, 0.05) is 17.8 Å². The highest BCUT2D eigenvalue weighted by molar-refractivity contribution is 6.14. The Morgan fingerprint density at radius 3 is 2.27 bits per heavy atom. The van der Waals surface area contributed by atoms with Crippen molar-refractivity contribution in [1.29, 1.82) is 0 Å². The summed E-state index contributed by atoms with van der Waals surface area (Å²) < 4.78 is 12.7. The van der Waals surface area contributed by atoms with Crippen LogP contribution in [0.4, 0.5) is 0 Å². The average Bonchev–Trinajstić information content (AvgIpc) is 3.27. The lowest BCUT2D eigenvalue weighted by atomic mass is 9.41. The number of carboxylic acid groups (broad SMARTS) is 1. The second kappa shape index (κ2) is 10.5. The largest absolute Gasteiger partial charge is 0.481 e. The maximum atomic E-state index is 13.1. The second-order valence-electron chi connectivity index (χ2n) is 17.9. The van der Waals surface area contributed by atoms with Gasteiger partial charge in [0.2, 0.25) is 0 Å². The third-order valence-electron chi connectivity index (χ3n) is 15.1. The molecule has 9 nitrogen and oxygen atoms in total. The Kier molecular flexibility index (Phi) is 7.92. The number of carboxylic acids is 1. The molecule has 6 fully saturated rings. The Labute approximate surface area is 273 Å². The van der Waals surface area contributed by atoms with Gasteiger partial charge in [-0.15, -0.1) is 0 Å². The number of hydrogen-bond donors (Lipinski definition) is 5. The number of halogens is 1. The van der Waals surface area contributed by atoms with E-state index in [1.165, 1.54) is 0 Å². The van der Waals surface area contributed by atoms with Crippen LogP contribution in [-0.4, -0.2) is 74.0 Å². The molecule has 0 bridgehead atoms. The zero-order chi connectivity index (χ0) is 33.2. The van der Waals surface area contributed by atoms with Gasteiger partial charge in [-0.3, -0.25) is 9.59 Å². The summed E-state index contributed by atoms with van der Waals surface area (Å²) in [6.45, 7) is 14.7. The number of aliphatic hydroxyl groups is 3. The lowest BCUT2D eigenvalue weighted by Gasteiger charge is -2.64. The summed E-state index contributed by atoms with van der Waals surface area (Å²) in [5.74, 6) is -1.37. The molecule has 6 aliphatic rings. The summed E-state index contributed by atoms with van der Waals surface area (Å²) in [6, 6.07) is -0.912. The minimum Gasteiger partial charge on any atom is -0.481 e. The van der Waals surface area contributed by atoms with Gasteiger partial charge in [-0.1, -0.05) is 27.7 Å². The molecule has 5 aliphatic carbocycles. The maximum Gasteiger partial charge on any atom is 0.324 e. The number of carbonyl (C=O) groups excluding carboxylic acids is 1. The standard InChI is InChI=1S/C35H56ClNO8/c1-29(2)23(44-28(42)19(37-36)8-9-25(40)41)11-13-35-18-34(35)15-14-31(5)27(33(7)12-10-24(45-33)30(3,4)43)21(39)17-32(31,6)22(34)16-20(38)26(29)35/h19-24,26-27,37-39,43H,8-18H2,1-7H3,(H,40,41)/t19?,20-,21-,22?,23?,24-,26-,27-,31+,32-,33+,34?,35+/m0/s1. The van der Waals surface area contributed by atoms with Crippen LogP contribution in [0.1, 0.15) is 119 Å². The molecule has 0 amide bonds. The topological polar surface area (TPSA) is 146 Å². The van der Waals surface area contributed by atoms with E-state index in [0.717, 1.165) is 38.5 Å². The van der Waals surface area contributed by atoms with Crippen LogP contribution in [0, 0.1) is 44.8 Å². The molecule has 2 spiro atoms. The molecule has 5 saturated carbocycles. The van der Waals surface area contributed by atoms with Crippen molar-refractivity contribution in [2.75, 3.05) is 0 Å². The number of rotatable bonds is 8. The first-order valence-electron chi connectivity index (χ1n) is 17.3. The van der Waals surface area contributed by atoms with E-state index in [-0.39, 0.29) is 58.4 Å². The second-order valence-corrected chi connectivity index (χ2v) is 18.1. The summed E-state index contributed by atoms with van der Waals surface area (Å²) >= 11 is 5.82. The van der Waals surface area contributed by atoms with Crippen molar-refractivity contribution in [3.63, 3.8) is 0 Å². The molecule has 13 atom stereocenters.